The van der Waals surface area contributed by atoms with Crippen LogP contribution < -0.4 is 0 Å². The molecule has 0 aliphatic carbocycles. The van der Waals surface area contributed by atoms with Crippen molar-refractivity contribution in [1.29, 1.82) is 0 Å². The van der Waals surface area contributed by atoms with Crippen LogP contribution in [-0.4, -0.2) is 12.6 Å². The summed E-state index contributed by atoms with van der Waals surface area (Å²) in [5, 5.41) is 0. The predicted molar refractivity (Wildman–Crippen MR) is 70.8 cm³/mol. The molecule has 0 aromatic heterocycles. The fraction of sp³-hybridized carbons (Fsp3) is 0.400. The molecule has 0 saturated heterocycles. The Labute approximate surface area is 103 Å². The second-order valence-corrected chi connectivity index (χ2v) is 4.32. The summed E-state index contributed by atoms with van der Waals surface area (Å²) in [6.07, 6.45) is 4.10. The first kappa shape index (κ1) is 13.5. The summed E-state index contributed by atoms with van der Waals surface area (Å²) in [4.78, 5) is 11.2. The highest BCUT2D eigenvalue weighted by molar-refractivity contribution is 5.87. The van der Waals surface area contributed by atoms with Crippen molar-refractivity contribution in [1.82, 2.24) is 0 Å². The SMILES string of the molecule is CCCOC(=O)C=Cc1ccc(C(C)C)cc1. The van der Waals surface area contributed by atoms with Gasteiger partial charge in [-0.05, 0) is 29.5 Å². The smallest absolute Gasteiger partial charge is 0.330 e. The molecule has 0 amide bonds. The first-order valence-electron chi connectivity index (χ1n) is 6.08. The van der Waals surface area contributed by atoms with E-state index >= 15 is 0 Å². The van der Waals surface area contributed by atoms with Gasteiger partial charge in [-0.1, -0.05) is 45.0 Å². The van der Waals surface area contributed by atoms with Gasteiger partial charge in [0.1, 0.15) is 0 Å². The van der Waals surface area contributed by atoms with Gasteiger partial charge in [-0.15, -0.1) is 0 Å². The largest absolute Gasteiger partial charge is 0.463 e. The molecule has 0 radical (unpaired) electrons. The summed E-state index contributed by atoms with van der Waals surface area (Å²) in [6, 6.07) is 8.20. The van der Waals surface area contributed by atoms with Gasteiger partial charge in [0.05, 0.1) is 6.61 Å². The summed E-state index contributed by atoms with van der Waals surface area (Å²) >= 11 is 0. The highest BCUT2D eigenvalue weighted by Gasteiger charge is 1.98. The van der Waals surface area contributed by atoms with Gasteiger partial charge in [-0.25, -0.2) is 4.79 Å². The number of esters is 1. The maximum Gasteiger partial charge on any atom is 0.330 e. The van der Waals surface area contributed by atoms with Crippen LogP contribution >= 0.6 is 0 Å². The van der Waals surface area contributed by atoms with Crippen molar-refractivity contribution in [3.05, 3.63) is 41.5 Å². The molecule has 92 valence electrons. The van der Waals surface area contributed by atoms with Crippen molar-refractivity contribution in [2.24, 2.45) is 0 Å². The van der Waals surface area contributed by atoms with E-state index in [1.807, 2.05) is 19.1 Å². The minimum atomic E-state index is -0.278. The molecule has 1 rings (SSSR count). The molecule has 0 aliphatic rings. The van der Waals surface area contributed by atoms with Crippen molar-refractivity contribution in [2.45, 2.75) is 33.1 Å². The molecule has 0 bridgehead atoms. The van der Waals surface area contributed by atoms with E-state index in [4.69, 9.17) is 4.74 Å². The molecule has 0 spiro atoms. The molecular formula is C15H20O2. The molecule has 0 unspecified atom stereocenters. The van der Waals surface area contributed by atoms with Crippen molar-refractivity contribution in [3.63, 3.8) is 0 Å². The number of carbonyl (C=O) groups is 1. The lowest BCUT2D eigenvalue weighted by atomic mass is 10.0. The zero-order valence-corrected chi connectivity index (χ0v) is 10.8. The lowest BCUT2D eigenvalue weighted by Gasteiger charge is -2.04. The molecule has 0 atom stereocenters. The van der Waals surface area contributed by atoms with Gasteiger partial charge in [0.15, 0.2) is 0 Å². The standard InChI is InChI=1S/C15H20O2/c1-4-11-17-15(16)10-7-13-5-8-14(9-6-13)12(2)3/h5-10,12H,4,11H2,1-3H3. The Hall–Kier alpha value is -1.57. The fourth-order valence-corrected chi connectivity index (χ4v) is 1.41. The fourth-order valence-electron chi connectivity index (χ4n) is 1.41. The first-order valence-corrected chi connectivity index (χ1v) is 6.08. The minimum Gasteiger partial charge on any atom is -0.463 e. The third kappa shape index (κ3) is 4.85. The van der Waals surface area contributed by atoms with Crippen molar-refractivity contribution in [3.8, 4) is 0 Å². The Morgan fingerprint density at radius 3 is 2.47 bits per heavy atom. The van der Waals surface area contributed by atoms with E-state index in [-0.39, 0.29) is 5.97 Å². The van der Waals surface area contributed by atoms with Crippen LogP contribution in [0.15, 0.2) is 30.3 Å². The van der Waals surface area contributed by atoms with Crippen LogP contribution in [0.25, 0.3) is 6.08 Å². The molecule has 0 saturated carbocycles. The van der Waals surface area contributed by atoms with Gasteiger partial charge < -0.3 is 4.74 Å². The van der Waals surface area contributed by atoms with E-state index in [0.717, 1.165) is 12.0 Å². The highest BCUT2D eigenvalue weighted by Crippen LogP contribution is 2.15. The summed E-state index contributed by atoms with van der Waals surface area (Å²) in [6.45, 7) is 6.77. The number of hydrogen-bond acceptors (Lipinski definition) is 2. The quantitative estimate of drug-likeness (QED) is 0.570. The maximum atomic E-state index is 11.2. The van der Waals surface area contributed by atoms with Crippen molar-refractivity contribution in [2.75, 3.05) is 6.61 Å². The molecule has 0 fully saturated rings. The lowest BCUT2D eigenvalue weighted by Crippen LogP contribution is -2.00. The van der Waals surface area contributed by atoms with Crippen LogP contribution in [0.3, 0.4) is 0 Å². The number of rotatable bonds is 5. The molecule has 0 aliphatic heterocycles. The van der Waals surface area contributed by atoms with Gasteiger partial charge >= 0.3 is 5.97 Å². The Morgan fingerprint density at radius 2 is 1.94 bits per heavy atom. The number of carbonyl (C=O) groups excluding carboxylic acids is 1. The average molecular weight is 232 g/mol. The third-order valence-corrected chi connectivity index (χ3v) is 2.46. The predicted octanol–water partition coefficient (Wildman–Crippen LogP) is 3.78. The molecule has 17 heavy (non-hydrogen) atoms. The molecular weight excluding hydrogens is 212 g/mol. The number of ether oxygens (including phenoxy) is 1. The molecule has 1 aromatic carbocycles. The zero-order chi connectivity index (χ0) is 12.7. The van der Waals surface area contributed by atoms with Gasteiger partial charge in [0, 0.05) is 6.08 Å². The van der Waals surface area contributed by atoms with Crippen LogP contribution in [0.4, 0.5) is 0 Å². The van der Waals surface area contributed by atoms with Crippen LogP contribution in [0.1, 0.15) is 44.2 Å². The zero-order valence-electron chi connectivity index (χ0n) is 10.8. The van der Waals surface area contributed by atoms with Crippen molar-refractivity contribution < 1.29 is 9.53 Å². The monoisotopic (exact) mass is 232 g/mol. The number of benzene rings is 1. The normalized spacial score (nSPS) is 11.1. The summed E-state index contributed by atoms with van der Waals surface area (Å²) < 4.78 is 4.95. The molecule has 2 heteroatoms. The first-order chi connectivity index (χ1) is 8.13. The molecule has 2 nitrogen and oxygen atoms in total. The third-order valence-electron chi connectivity index (χ3n) is 2.46. The Kier molecular flexibility index (Phi) is 5.47. The average Bonchev–Trinajstić information content (AvgIpc) is 2.34. The van der Waals surface area contributed by atoms with E-state index in [2.05, 4.69) is 26.0 Å². The van der Waals surface area contributed by atoms with E-state index in [9.17, 15) is 4.79 Å². The van der Waals surface area contributed by atoms with E-state index < -0.39 is 0 Å². The Bertz CT molecular complexity index is 374. The topological polar surface area (TPSA) is 26.3 Å². The van der Waals surface area contributed by atoms with E-state index in [0.29, 0.717) is 12.5 Å². The Balaban J connectivity index is 2.56. The van der Waals surface area contributed by atoms with Crippen LogP contribution in [0, 0.1) is 0 Å². The second-order valence-electron chi connectivity index (χ2n) is 4.32. The summed E-state index contributed by atoms with van der Waals surface area (Å²) in [5.41, 5.74) is 2.32. The van der Waals surface area contributed by atoms with Crippen LogP contribution in [0.5, 0.6) is 0 Å². The van der Waals surface area contributed by atoms with Crippen LogP contribution in [-0.2, 0) is 9.53 Å². The minimum absolute atomic E-state index is 0.278. The van der Waals surface area contributed by atoms with Gasteiger partial charge in [0.25, 0.3) is 0 Å². The van der Waals surface area contributed by atoms with Gasteiger partial charge in [-0.2, -0.15) is 0 Å². The van der Waals surface area contributed by atoms with Gasteiger partial charge in [-0.3, -0.25) is 0 Å². The molecule has 0 heterocycles. The van der Waals surface area contributed by atoms with Crippen LogP contribution in [0.2, 0.25) is 0 Å². The molecule has 0 N–H and O–H groups in total. The summed E-state index contributed by atoms with van der Waals surface area (Å²) in [5.74, 6) is 0.252. The van der Waals surface area contributed by atoms with Crippen molar-refractivity contribution >= 4 is 12.0 Å². The Morgan fingerprint density at radius 1 is 1.29 bits per heavy atom. The maximum absolute atomic E-state index is 11.2. The highest BCUT2D eigenvalue weighted by atomic mass is 16.5. The number of hydrogen-bond donors (Lipinski definition) is 0. The van der Waals surface area contributed by atoms with Gasteiger partial charge in [0.2, 0.25) is 0 Å². The summed E-state index contributed by atoms with van der Waals surface area (Å²) in [7, 11) is 0. The van der Waals surface area contributed by atoms with E-state index in [1.54, 1.807) is 6.08 Å². The molecule has 1 aromatic rings. The second kappa shape index (κ2) is 6.89. The van der Waals surface area contributed by atoms with E-state index in [1.165, 1.54) is 11.6 Å². The lowest BCUT2D eigenvalue weighted by molar-refractivity contribution is -0.137.